The highest BCUT2D eigenvalue weighted by molar-refractivity contribution is 6.65. The van der Waals surface area contributed by atoms with Crippen molar-refractivity contribution >= 4 is 151 Å². The van der Waals surface area contributed by atoms with Crippen molar-refractivity contribution < 1.29 is 23.0 Å². The lowest BCUT2D eigenvalue weighted by atomic mass is 9.89. The molecule has 21 aromatic rings. The van der Waals surface area contributed by atoms with E-state index >= 15 is 0 Å². The Morgan fingerprint density at radius 2 is 0.644 bits per heavy atom. The minimum Gasteiger partial charge on any atom is -0.521 e. The summed E-state index contributed by atoms with van der Waals surface area (Å²) < 4.78 is 43.2. The molecule has 0 bridgehead atoms. The van der Waals surface area contributed by atoms with Crippen LogP contribution in [0.25, 0.3) is 139 Å². The zero-order valence-electron chi connectivity index (χ0n) is 62.7. The zero-order chi connectivity index (χ0) is 77.0. The van der Waals surface area contributed by atoms with Crippen molar-refractivity contribution in [1.29, 1.82) is 0 Å². The van der Waals surface area contributed by atoms with Crippen molar-refractivity contribution in [3.63, 3.8) is 0 Å². The Bertz CT molecular complexity index is 7590. The summed E-state index contributed by atoms with van der Waals surface area (Å²) in [6.07, 6.45) is 3.81. The maximum Gasteiger partial charge on any atom is 0.629 e. The molecule has 14 heterocycles. The van der Waals surface area contributed by atoms with Gasteiger partial charge in [0, 0.05) is 95.8 Å². The summed E-state index contributed by atoms with van der Waals surface area (Å²) in [5, 5.41) is 4.74. The Kier molecular flexibility index (Phi) is 13.6. The highest BCUT2D eigenvalue weighted by Crippen LogP contribution is 2.56. The van der Waals surface area contributed by atoms with E-state index in [1.54, 1.807) is 0 Å². The second-order valence-electron chi connectivity index (χ2n) is 30.3. The molecule has 0 spiro atoms. The normalized spacial score (nSPS) is 13.7. The molecule has 0 saturated carbocycles. The summed E-state index contributed by atoms with van der Waals surface area (Å²) in [6.45, 7) is 0. The van der Waals surface area contributed by atoms with Crippen LogP contribution in [0.1, 0.15) is 0 Å². The van der Waals surface area contributed by atoms with Gasteiger partial charge in [-0.25, -0.2) is 19.9 Å². The number of imidazole rings is 4. The summed E-state index contributed by atoms with van der Waals surface area (Å²) in [4.78, 5) is 28.6. The van der Waals surface area contributed by atoms with E-state index in [2.05, 4.69) is 314 Å². The molecule has 29 rings (SSSR count). The monoisotopic (exact) mass is 1520 g/mol. The molecule has 6 aromatic heterocycles. The van der Waals surface area contributed by atoms with E-state index in [1.807, 2.05) is 91.3 Å². The average Bonchev–Trinajstić information content (AvgIpc) is 1.52. The number of nitrogens with zero attached hydrogens (tertiary/aromatic N) is 13. The van der Waals surface area contributed by atoms with E-state index in [9.17, 15) is 0 Å². The van der Waals surface area contributed by atoms with Gasteiger partial charge in [0.05, 0.1) is 66.9 Å². The Hall–Kier alpha value is -15.8. The number of rotatable bonds is 2. The lowest BCUT2D eigenvalue weighted by molar-refractivity contribution is 0.577. The van der Waals surface area contributed by atoms with Gasteiger partial charge in [-0.2, -0.15) is 0 Å². The smallest absolute Gasteiger partial charge is 0.521 e. The van der Waals surface area contributed by atoms with Crippen LogP contribution >= 0.6 is 0 Å². The van der Waals surface area contributed by atoms with Crippen LogP contribution in [0, 0.1) is 0 Å². The second kappa shape index (κ2) is 24.8. The number of furan rings is 1. The van der Waals surface area contributed by atoms with Gasteiger partial charge in [0.15, 0.2) is 0 Å². The lowest BCUT2D eigenvalue weighted by Crippen LogP contribution is -2.46. The van der Waals surface area contributed by atoms with Gasteiger partial charge in [0.25, 0.3) is 0 Å². The molecule has 15 aromatic carbocycles. The Balaban J connectivity index is 0.0000000870. The Morgan fingerprint density at radius 1 is 0.263 bits per heavy atom. The van der Waals surface area contributed by atoms with Crippen molar-refractivity contribution in [2.75, 3.05) is 19.2 Å². The van der Waals surface area contributed by atoms with Crippen molar-refractivity contribution in [3.8, 4) is 85.4 Å². The largest absolute Gasteiger partial charge is 0.629 e. The first kappa shape index (κ1) is 64.7. The van der Waals surface area contributed by atoms with Crippen LogP contribution in [-0.2, 0) is 0 Å². The maximum absolute atomic E-state index is 6.67. The number of para-hydroxylation sites is 19. The third kappa shape index (κ3) is 9.21. The number of benzene rings is 15. The second-order valence-corrected chi connectivity index (χ2v) is 30.3. The molecule has 8 aliphatic heterocycles. The highest BCUT2D eigenvalue weighted by Gasteiger charge is 2.52. The van der Waals surface area contributed by atoms with Gasteiger partial charge in [-0.1, -0.05) is 194 Å². The van der Waals surface area contributed by atoms with Gasteiger partial charge in [-0.3, -0.25) is 0 Å². The molecule has 0 radical (unpaired) electrons. The van der Waals surface area contributed by atoms with Crippen molar-refractivity contribution in [2.24, 2.45) is 0 Å². The lowest BCUT2D eigenvalue weighted by Gasteiger charge is -2.30. The third-order valence-corrected chi connectivity index (χ3v) is 24.0. The fourth-order valence-corrected chi connectivity index (χ4v) is 19.0. The van der Waals surface area contributed by atoms with Crippen LogP contribution in [0.2, 0.25) is 0 Å². The van der Waals surface area contributed by atoms with E-state index in [-0.39, 0.29) is 28.7 Å². The van der Waals surface area contributed by atoms with Crippen LogP contribution < -0.4 is 37.9 Å². The van der Waals surface area contributed by atoms with Crippen LogP contribution in [0.4, 0.5) is 45.5 Å². The number of hydrogen-bond donors (Lipinski definition) is 0. The van der Waals surface area contributed by atoms with Crippen molar-refractivity contribution in [1.82, 2.24) is 42.4 Å². The van der Waals surface area contributed by atoms with Gasteiger partial charge in [0.1, 0.15) is 57.5 Å². The molecule has 0 amide bonds. The summed E-state index contributed by atoms with van der Waals surface area (Å²) in [5.74, 6) is 7.32. The molecule has 0 saturated heterocycles. The summed E-state index contributed by atoms with van der Waals surface area (Å²) in [6, 6.07) is 119. The molecular weight excluding hydrogens is 1460 g/mol. The van der Waals surface area contributed by atoms with E-state index in [4.69, 9.17) is 38.0 Å². The molecule has 22 heteroatoms. The Morgan fingerprint density at radius 3 is 1.18 bits per heavy atom. The number of fused-ring (bicyclic) bond motifs is 44. The molecule has 0 fully saturated rings. The van der Waals surface area contributed by atoms with Gasteiger partial charge >= 0.3 is 28.7 Å². The minimum absolute atomic E-state index is 0.236. The predicted octanol–water partition coefficient (Wildman–Crippen LogP) is 21.8. The summed E-state index contributed by atoms with van der Waals surface area (Å²) >= 11 is 0. The molecule has 550 valence electrons. The van der Waals surface area contributed by atoms with Crippen LogP contribution in [-0.4, -0.2) is 71.2 Å². The Labute approximate surface area is 675 Å². The number of anilines is 8. The standard InChI is InChI=1S/C31H19BN4O.C27H16BN3O2.2C19H12BN3O/c1-4-12-25-21(9-1)22-10-2-5-13-26(22)34(25)20-17-18-28-24(19-20)33-31-23-11-3-6-14-27(23)35-29-15-7-8-16-30(29)37-32(35)36(28)31;1-3-12-22-21(8-1)27-29-15-16-30(27)28-31(22)23-13-6-11-20(26(23)33-28)19-10-5-9-18-17-7-2-4-14-24(17)32-25(18)19;2*1-3-9-15-13(7-1)19-21-14-8-2-4-10-16(14)23(19)20-22(15)17-11-5-6-12-18(17)24-20/h1-19H;1-16H;2*1-12H. The topological polar surface area (TPSA) is 139 Å². The molecule has 18 nitrogen and oxygen atoms in total. The van der Waals surface area contributed by atoms with Gasteiger partial charge in [-0.15, -0.1) is 0 Å². The molecular formula is C96H59B4N13O5. The molecule has 0 atom stereocenters. The van der Waals surface area contributed by atoms with E-state index < -0.39 is 0 Å². The highest BCUT2D eigenvalue weighted by atomic mass is 16.5. The first-order valence-electron chi connectivity index (χ1n) is 39.6. The quantitative estimate of drug-likeness (QED) is 0.152. The van der Waals surface area contributed by atoms with Crippen molar-refractivity contribution in [3.05, 3.63) is 358 Å². The fourth-order valence-electron chi connectivity index (χ4n) is 19.0. The van der Waals surface area contributed by atoms with Crippen LogP contribution in [0.3, 0.4) is 0 Å². The van der Waals surface area contributed by atoms with E-state index in [0.29, 0.717) is 0 Å². The molecule has 0 aliphatic carbocycles. The first-order chi connectivity index (χ1) is 58.6. The van der Waals surface area contributed by atoms with Gasteiger partial charge in [0.2, 0.25) is 0 Å². The molecule has 8 aliphatic rings. The van der Waals surface area contributed by atoms with E-state index in [0.717, 1.165) is 186 Å². The SMILES string of the molecule is c1ccc2c(c1)-c1nccn1B1Oc3c(-c4cccc5c4oc4ccccc45)cccc3N12.c1ccc2c(c1)OB1N2c2ccccc2-c2nc3cc(-n4c5ccccc5c5ccccc54)ccc3n21.c1ccc2c(c1)OB1N2c2ccccc2-c2nc3ccccc3n21.c1ccc2c(c1)OB1N2c2ccccc2-c2nc3ccccc3n21. The molecule has 0 unspecified atom stereocenters. The van der Waals surface area contributed by atoms with Gasteiger partial charge < -0.3 is 64.8 Å². The predicted molar refractivity (Wildman–Crippen MR) is 472 cm³/mol. The summed E-state index contributed by atoms with van der Waals surface area (Å²) in [7, 11) is -1.10. The number of aromatic nitrogens is 9. The average molecular weight is 1520 g/mol. The van der Waals surface area contributed by atoms with E-state index in [1.165, 1.54) is 21.8 Å². The van der Waals surface area contributed by atoms with Crippen LogP contribution in [0.15, 0.2) is 363 Å². The van der Waals surface area contributed by atoms with Crippen LogP contribution in [0.5, 0.6) is 23.0 Å². The molecule has 118 heavy (non-hydrogen) atoms. The third-order valence-electron chi connectivity index (χ3n) is 24.0. The fraction of sp³-hybridized carbons (Fsp3) is 0. The number of hydrogen-bond acceptors (Lipinski definition) is 13. The zero-order valence-corrected chi connectivity index (χ0v) is 62.7. The minimum atomic E-state index is -0.316. The van der Waals surface area contributed by atoms with Crippen molar-refractivity contribution in [2.45, 2.75) is 0 Å². The maximum atomic E-state index is 6.67. The molecule has 0 N–H and O–H groups in total. The summed E-state index contributed by atoms with van der Waals surface area (Å²) in [5.41, 5.74) is 26.7. The first-order valence-corrected chi connectivity index (χ1v) is 39.6. The van der Waals surface area contributed by atoms with Gasteiger partial charge in [-0.05, 0) is 152 Å².